The summed E-state index contributed by atoms with van der Waals surface area (Å²) in [6.45, 7) is 3.16. The van der Waals surface area contributed by atoms with Gasteiger partial charge in [-0.3, -0.25) is 0 Å². The summed E-state index contributed by atoms with van der Waals surface area (Å²) in [5.41, 5.74) is 5.47. The van der Waals surface area contributed by atoms with Crippen LogP contribution >= 0.6 is 24.0 Å². The van der Waals surface area contributed by atoms with Gasteiger partial charge in [0.15, 0.2) is 0 Å². The van der Waals surface area contributed by atoms with Crippen molar-refractivity contribution < 1.29 is 0 Å². The van der Waals surface area contributed by atoms with Gasteiger partial charge in [-0.1, -0.05) is 90.4 Å². The van der Waals surface area contributed by atoms with Crippen molar-refractivity contribution in [1.29, 1.82) is 0 Å². The number of unbranched alkanes of at least 4 members (excludes halogenated alkanes) is 13. The maximum Gasteiger partial charge on any atom is -0.00773 e. The van der Waals surface area contributed by atoms with Crippen molar-refractivity contribution in [3.63, 3.8) is 0 Å². The van der Waals surface area contributed by atoms with Crippen LogP contribution in [0.1, 0.15) is 96.8 Å². The van der Waals surface area contributed by atoms with Crippen LogP contribution in [-0.4, -0.2) is 32.6 Å². The fourth-order valence-electron chi connectivity index (χ4n) is 2.34. The molecule has 2 N–H and O–H groups in total. The molecule has 0 aliphatic heterocycles. The summed E-state index contributed by atoms with van der Waals surface area (Å²) in [5.74, 6) is 0. The van der Waals surface area contributed by atoms with Crippen molar-refractivity contribution >= 4 is 24.0 Å². The molecule has 0 radical (unpaired) electrons. The zero-order valence-electron chi connectivity index (χ0n) is 16.0. The van der Waals surface area contributed by atoms with Crippen LogP contribution in [0.25, 0.3) is 0 Å². The fourth-order valence-corrected chi connectivity index (χ4v) is 2.34. The first kappa shape index (κ1) is 27.5. The Morgan fingerprint density at radius 3 is 1.00 bits per heavy atom. The molecule has 0 spiro atoms. The molecule has 0 unspecified atom stereocenters. The summed E-state index contributed by atoms with van der Waals surface area (Å²) < 4.78 is 0. The Balaban J connectivity index is -0.000000640. The third kappa shape index (κ3) is 37.2. The Kier molecular flexibility index (Phi) is 33.2. The van der Waals surface area contributed by atoms with Gasteiger partial charge in [-0.15, -0.1) is 24.0 Å². The van der Waals surface area contributed by atoms with Crippen LogP contribution in [0.5, 0.6) is 0 Å². The van der Waals surface area contributed by atoms with Gasteiger partial charge in [-0.05, 0) is 34.1 Å². The summed E-state index contributed by atoms with van der Waals surface area (Å²) in [6, 6.07) is 0. The molecule has 0 saturated carbocycles. The van der Waals surface area contributed by atoms with Crippen molar-refractivity contribution in [2.75, 3.05) is 27.7 Å². The smallest absolute Gasteiger partial charge is 0.00773 e. The molecule has 0 bridgehead atoms. The quantitative estimate of drug-likeness (QED) is 0.263. The molecule has 0 rings (SSSR count). The largest absolute Gasteiger partial charge is 0.330 e. The van der Waals surface area contributed by atoms with Gasteiger partial charge in [0, 0.05) is 0 Å². The molecule has 0 aliphatic carbocycles. The molecule has 0 heterocycles. The Labute approximate surface area is 159 Å². The summed E-state index contributed by atoms with van der Waals surface area (Å²) in [7, 11) is 6.00. The highest BCUT2D eigenvalue weighted by Gasteiger charge is 1.93. The van der Waals surface area contributed by atoms with Gasteiger partial charge >= 0.3 is 0 Å². The van der Waals surface area contributed by atoms with Crippen molar-refractivity contribution in [1.82, 2.24) is 4.90 Å². The molecule has 0 aliphatic rings. The highest BCUT2D eigenvalue weighted by molar-refractivity contribution is 14.0. The minimum atomic E-state index is 0. The van der Waals surface area contributed by atoms with E-state index < -0.39 is 0 Å². The van der Waals surface area contributed by atoms with Crippen LogP contribution in [0.3, 0.4) is 0 Å². The van der Waals surface area contributed by atoms with Gasteiger partial charge in [-0.2, -0.15) is 0 Å². The first-order chi connectivity index (χ1) is 10.1. The molecular weight excluding hydrogens is 383 g/mol. The first-order valence-corrected chi connectivity index (χ1v) is 9.46. The number of rotatable bonds is 14. The van der Waals surface area contributed by atoms with E-state index in [1.54, 1.807) is 0 Å². The lowest BCUT2D eigenvalue weighted by Gasteiger charge is -2.02. The predicted molar refractivity (Wildman–Crippen MR) is 114 cm³/mol. The monoisotopic (exact) mass is 428 g/mol. The number of halogens is 1. The van der Waals surface area contributed by atoms with E-state index >= 15 is 0 Å². The van der Waals surface area contributed by atoms with Crippen LogP contribution in [0.15, 0.2) is 0 Å². The highest BCUT2D eigenvalue weighted by Crippen LogP contribution is 2.12. The lowest BCUT2D eigenvalue weighted by molar-refractivity contribution is 0.505. The maximum absolute atomic E-state index is 5.47. The molecule has 3 heteroatoms. The van der Waals surface area contributed by atoms with Gasteiger partial charge in [0.05, 0.1) is 0 Å². The molecule has 0 aromatic carbocycles. The third-order valence-electron chi connectivity index (χ3n) is 3.56. The lowest BCUT2D eigenvalue weighted by Crippen LogP contribution is -1.99. The molecule has 0 aromatic heterocycles. The van der Waals surface area contributed by atoms with E-state index in [4.69, 9.17) is 5.73 Å². The second-order valence-electron chi connectivity index (χ2n) is 6.73. The number of nitrogens with zero attached hydrogens (tertiary/aromatic N) is 1. The molecule has 0 aromatic rings. The van der Waals surface area contributed by atoms with Crippen molar-refractivity contribution in [2.24, 2.45) is 5.73 Å². The second kappa shape index (κ2) is 26.5. The zero-order chi connectivity index (χ0) is 16.2. The van der Waals surface area contributed by atoms with E-state index in [2.05, 4.69) is 6.92 Å². The average Bonchev–Trinajstić information content (AvgIpc) is 2.43. The Morgan fingerprint density at radius 2 is 0.773 bits per heavy atom. The predicted octanol–water partition coefficient (Wildman–Crippen LogP) is 6.22. The van der Waals surface area contributed by atoms with Crippen molar-refractivity contribution in [2.45, 2.75) is 96.8 Å². The third-order valence-corrected chi connectivity index (χ3v) is 3.56. The summed E-state index contributed by atoms with van der Waals surface area (Å²) in [4.78, 5) is 2.00. The minimum Gasteiger partial charge on any atom is -0.330 e. The first-order valence-electron chi connectivity index (χ1n) is 9.46. The van der Waals surface area contributed by atoms with Crippen LogP contribution in [0.4, 0.5) is 0 Å². The standard InChI is InChI=1S/C16H35N.C3H9N.HI/c1-2-3-4-5-6-7-8-9-10-11-12-13-14-15-16-17;1-4(2)3;/h2-17H2,1H3;1-3H3;1H. The summed E-state index contributed by atoms with van der Waals surface area (Å²) >= 11 is 0. The molecular formula is C19H45IN2. The van der Waals surface area contributed by atoms with Crippen LogP contribution in [0, 0.1) is 0 Å². The Bertz CT molecular complexity index is 147. The summed E-state index contributed by atoms with van der Waals surface area (Å²) in [5, 5.41) is 0. The normalized spacial score (nSPS) is 10.1. The molecule has 2 nitrogen and oxygen atoms in total. The molecule has 0 amide bonds. The van der Waals surface area contributed by atoms with Crippen LogP contribution < -0.4 is 5.73 Å². The van der Waals surface area contributed by atoms with Gasteiger partial charge < -0.3 is 10.6 Å². The van der Waals surface area contributed by atoms with E-state index in [0.717, 1.165) is 6.54 Å². The molecule has 22 heavy (non-hydrogen) atoms. The van der Waals surface area contributed by atoms with Gasteiger partial charge in [-0.25, -0.2) is 0 Å². The van der Waals surface area contributed by atoms with E-state index in [-0.39, 0.29) is 24.0 Å². The van der Waals surface area contributed by atoms with Crippen molar-refractivity contribution in [3.8, 4) is 0 Å². The molecule has 0 fully saturated rings. The van der Waals surface area contributed by atoms with Gasteiger partial charge in [0.2, 0.25) is 0 Å². The number of nitrogens with two attached hydrogens (primary N) is 1. The number of hydrogen-bond donors (Lipinski definition) is 1. The summed E-state index contributed by atoms with van der Waals surface area (Å²) in [6.07, 6.45) is 19.9. The van der Waals surface area contributed by atoms with E-state index in [0.29, 0.717) is 0 Å². The van der Waals surface area contributed by atoms with Crippen LogP contribution in [-0.2, 0) is 0 Å². The second-order valence-corrected chi connectivity index (χ2v) is 6.73. The average molecular weight is 428 g/mol. The molecule has 138 valence electrons. The molecule has 0 atom stereocenters. The molecule has 0 saturated heterocycles. The highest BCUT2D eigenvalue weighted by atomic mass is 127. The van der Waals surface area contributed by atoms with Crippen LogP contribution in [0.2, 0.25) is 0 Å². The Morgan fingerprint density at radius 1 is 0.545 bits per heavy atom. The fraction of sp³-hybridized carbons (Fsp3) is 1.00. The van der Waals surface area contributed by atoms with Gasteiger partial charge in [0.25, 0.3) is 0 Å². The van der Waals surface area contributed by atoms with E-state index in [1.165, 1.54) is 89.9 Å². The SMILES string of the molecule is CCCCCCCCCCCCCCCCN.CN(C)C.I. The number of hydrogen-bond acceptors (Lipinski definition) is 2. The topological polar surface area (TPSA) is 29.3 Å². The Hall–Kier alpha value is 0.650. The van der Waals surface area contributed by atoms with Crippen molar-refractivity contribution in [3.05, 3.63) is 0 Å². The van der Waals surface area contributed by atoms with E-state index in [9.17, 15) is 0 Å². The lowest BCUT2D eigenvalue weighted by atomic mass is 10.0. The van der Waals surface area contributed by atoms with E-state index in [1.807, 2.05) is 26.0 Å². The maximum atomic E-state index is 5.47. The zero-order valence-corrected chi connectivity index (χ0v) is 18.4. The minimum absolute atomic E-state index is 0. The van der Waals surface area contributed by atoms with Gasteiger partial charge in [0.1, 0.15) is 0 Å².